The first kappa shape index (κ1) is 13.0. The van der Waals surface area contributed by atoms with Gasteiger partial charge < -0.3 is 14.6 Å². The maximum absolute atomic E-state index is 9.13. The average Bonchev–Trinajstić information content (AvgIpc) is 2.91. The van der Waals surface area contributed by atoms with E-state index in [9.17, 15) is 0 Å². The number of hydrogen-bond acceptors (Lipinski definition) is 6. The van der Waals surface area contributed by atoms with Crippen LogP contribution in [0.4, 0.5) is 5.69 Å². The van der Waals surface area contributed by atoms with E-state index >= 15 is 0 Å². The predicted octanol–water partition coefficient (Wildman–Crippen LogP) is 2.56. The van der Waals surface area contributed by atoms with Crippen LogP contribution in [0.5, 0.6) is 5.75 Å². The van der Waals surface area contributed by atoms with E-state index in [-0.39, 0.29) is 12.4 Å². The zero-order valence-corrected chi connectivity index (χ0v) is 11.0. The minimum atomic E-state index is 0.157. The molecule has 3 N–H and O–H groups in total. The van der Waals surface area contributed by atoms with Crippen LogP contribution in [0, 0.1) is 11.3 Å². The normalized spacial score (nSPS) is 10.3. The Kier molecular flexibility index (Phi) is 3.41. The molecule has 3 aromatic rings. The largest absolute Gasteiger partial charge is 0.482 e. The number of nitrogens with two attached hydrogens (primary N) is 1. The molecule has 0 aliphatic heterocycles. The molecule has 104 valence electrons. The van der Waals surface area contributed by atoms with E-state index in [1.165, 1.54) is 0 Å². The van der Waals surface area contributed by atoms with Crippen LogP contribution in [0.15, 0.2) is 47.0 Å². The number of anilines is 1. The molecule has 0 aliphatic rings. The third-order valence-corrected chi connectivity index (χ3v) is 3.00. The molecule has 21 heavy (non-hydrogen) atoms. The molecule has 0 radical (unpaired) electrons. The Labute approximate surface area is 120 Å². The fourth-order valence-corrected chi connectivity index (χ4v) is 2.03. The van der Waals surface area contributed by atoms with Gasteiger partial charge in [0.2, 0.25) is 5.76 Å². The smallest absolute Gasteiger partial charge is 0.246 e. The maximum atomic E-state index is 9.13. The van der Waals surface area contributed by atoms with Gasteiger partial charge in [-0.2, -0.15) is 5.26 Å². The fraction of sp³-hybridized carbons (Fsp3) is 0.0667. The Bertz CT molecular complexity index is 820. The van der Waals surface area contributed by atoms with Crippen LogP contribution in [0.1, 0.15) is 11.5 Å². The number of rotatable bonds is 4. The third-order valence-electron chi connectivity index (χ3n) is 3.00. The molecule has 1 aromatic carbocycles. The quantitative estimate of drug-likeness (QED) is 0.563. The van der Waals surface area contributed by atoms with Gasteiger partial charge in [0, 0.05) is 6.20 Å². The highest BCUT2D eigenvalue weighted by molar-refractivity contribution is 5.86. The van der Waals surface area contributed by atoms with Crippen molar-refractivity contribution in [2.24, 2.45) is 5.84 Å². The van der Waals surface area contributed by atoms with Gasteiger partial charge in [0.1, 0.15) is 18.3 Å². The molecule has 0 amide bonds. The first-order valence-corrected chi connectivity index (χ1v) is 6.28. The molecule has 0 unspecified atom stereocenters. The third kappa shape index (κ3) is 2.50. The molecule has 0 saturated carbocycles. The Morgan fingerprint density at radius 1 is 1.33 bits per heavy atom. The lowest BCUT2D eigenvalue weighted by atomic mass is 10.2. The van der Waals surface area contributed by atoms with Gasteiger partial charge in [-0.1, -0.05) is 12.1 Å². The summed E-state index contributed by atoms with van der Waals surface area (Å²) in [6, 6.07) is 12.9. The van der Waals surface area contributed by atoms with E-state index in [1.54, 1.807) is 24.4 Å². The zero-order valence-electron chi connectivity index (χ0n) is 11.0. The number of nitrogens with zero attached hydrogens (tertiary/aromatic N) is 2. The highest BCUT2D eigenvalue weighted by Crippen LogP contribution is 2.32. The average molecular weight is 280 g/mol. The molecule has 0 fully saturated rings. The Morgan fingerprint density at radius 3 is 3.00 bits per heavy atom. The van der Waals surface area contributed by atoms with Crippen molar-refractivity contribution in [3.05, 3.63) is 54.0 Å². The van der Waals surface area contributed by atoms with Crippen LogP contribution in [-0.2, 0) is 6.61 Å². The summed E-state index contributed by atoms with van der Waals surface area (Å²) in [5.74, 6) is 5.94. The number of nitrogen functional groups attached to an aromatic ring is 1. The molecule has 0 atom stereocenters. The second kappa shape index (κ2) is 5.53. The number of benzene rings is 1. The van der Waals surface area contributed by atoms with Crippen molar-refractivity contribution in [1.82, 2.24) is 4.98 Å². The van der Waals surface area contributed by atoms with E-state index in [4.69, 9.17) is 20.3 Å². The summed E-state index contributed by atoms with van der Waals surface area (Å²) in [7, 11) is 0. The molecule has 0 spiro atoms. The van der Waals surface area contributed by atoms with Crippen molar-refractivity contribution in [3.63, 3.8) is 0 Å². The molecule has 3 rings (SSSR count). The lowest BCUT2D eigenvalue weighted by Crippen LogP contribution is -2.08. The number of para-hydroxylation sites is 1. The fourth-order valence-electron chi connectivity index (χ4n) is 2.03. The van der Waals surface area contributed by atoms with Crippen molar-refractivity contribution in [2.75, 3.05) is 5.43 Å². The van der Waals surface area contributed by atoms with E-state index < -0.39 is 0 Å². The second-order valence-corrected chi connectivity index (χ2v) is 4.34. The predicted molar refractivity (Wildman–Crippen MR) is 77.3 cm³/mol. The van der Waals surface area contributed by atoms with E-state index in [0.29, 0.717) is 17.0 Å². The lowest BCUT2D eigenvalue weighted by molar-refractivity contribution is 0.299. The van der Waals surface area contributed by atoms with Gasteiger partial charge in [0.05, 0.1) is 16.8 Å². The Balaban J connectivity index is 1.89. The highest BCUT2D eigenvalue weighted by atomic mass is 16.5. The summed E-state index contributed by atoms with van der Waals surface area (Å²) >= 11 is 0. The number of pyridine rings is 1. The second-order valence-electron chi connectivity index (χ2n) is 4.34. The number of furan rings is 1. The summed E-state index contributed by atoms with van der Waals surface area (Å²) in [6.45, 7) is 0.216. The summed E-state index contributed by atoms with van der Waals surface area (Å²) in [6.07, 6.45) is 1.63. The van der Waals surface area contributed by atoms with Gasteiger partial charge in [0.25, 0.3) is 0 Å². The first-order valence-electron chi connectivity index (χ1n) is 6.28. The topological polar surface area (TPSA) is 97.1 Å². The standard InChI is InChI=1S/C15H12N4O2/c16-8-14-15(12-3-1-2-4-13(12)21-14)20-9-11-7-10(19-17)5-6-18-11/h1-7H,9,17H2,(H,18,19). The van der Waals surface area contributed by atoms with Crippen molar-refractivity contribution in [1.29, 1.82) is 5.26 Å². The molecular formula is C15H12N4O2. The minimum absolute atomic E-state index is 0.157. The van der Waals surface area contributed by atoms with Gasteiger partial charge in [0.15, 0.2) is 5.75 Å². The number of ether oxygens (including phenoxy) is 1. The minimum Gasteiger partial charge on any atom is -0.482 e. The van der Waals surface area contributed by atoms with Crippen molar-refractivity contribution < 1.29 is 9.15 Å². The number of aromatic nitrogens is 1. The number of nitrogens with one attached hydrogen (secondary N) is 1. The summed E-state index contributed by atoms with van der Waals surface area (Å²) < 4.78 is 11.2. The van der Waals surface area contributed by atoms with Crippen molar-refractivity contribution in [2.45, 2.75) is 6.61 Å². The van der Waals surface area contributed by atoms with Gasteiger partial charge in [-0.15, -0.1) is 0 Å². The SMILES string of the molecule is N#Cc1oc2ccccc2c1OCc1cc(NN)ccn1. The molecular weight excluding hydrogens is 268 g/mol. The van der Waals surface area contributed by atoms with Crippen LogP contribution in [-0.4, -0.2) is 4.98 Å². The summed E-state index contributed by atoms with van der Waals surface area (Å²) in [4.78, 5) is 4.19. The zero-order chi connectivity index (χ0) is 14.7. The number of hydrazine groups is 1. The van der Waals surface area contributed by atoms with Gasteiger partial charge >= 0.3 is 0 Å². The number of fused-ring (bicyclic) bond motifs is 1. The van der Waals surface area contributed by atoms with Crippen LogP contribution >= 0.6 is 0 Å². The van der Waals surface area contributed by atoms with Crippen LogP contribution in [0.2, 0.25) is 0 Å². The Morgan fingerprint density at radius 2 is 2.19 bits per heavy atom. The van der Waals surface area contributed by atoms with Gasteiger partial charge in [-0.05, 0) is 24.3 Å². The summed E-state index contributed by atoms with van der Waals surface area (Å²) in [5.41, 5.74) is 4.60. The Hall–Kier alpha value is -3.04. The maximum Gasteiger partial charge on any atom is 0.246 e. The summed E-state index contributed by atoms with van der Waals surface area (Å²) in [5, 5.41) is 9.90. The van der Waals surface area contributed by atoms with E-state index in [1.807, 2.05) is 24.3 Å². The monoisotopic (exact) mass is 280 g/mol. The van der Waals surface area contributed by atoms with Crippen LogP contribution in [0.25, 0.3) is 11.0 Å². The van der Waals surface area contributed by atoms with Gasteiger partial charge in [-0.3, -0.25) is 10.8 Å². The number of hydrogen-bond donors (Lipinski definition) is 2. The molecule has 6 nitrogen and oxygen atoms in total. The number of nitriles is 1. The van der Waals surface area contributed by atoms with E-state index in [0.717, 1.165) is 11.1 Å². The van der Waals surface area contributed by atoms with Crippen molar-refractivity contribution in [3.8, 4) is 11.8 Å². The molecule has 0 bridgehead atoms. The van der Waals surface area contributed by atoms with Crippen LogP contribution < -0.4 is 16.0 Å². The lowest BCUT2D eigenvalue weighted by Gasteiger charge is -2.06. The van der Waals surface area contributed by atoms with Crippen LogP contribution in [0.3, 0.4) is 0 Å². The molecule has 2 heterocycles. The van der Waals surface area contributed by atoms with Crippen molar-refractivity contribution >= 4 is 16.7 Å². The molecule has 6 heteroatoms. The van der Waals surface area contributed by atoms with E-state index in [2.05, 4.69) is 10.4 Å². The molecule has 0 aliphatic carbocycles. The molecule has 2 aromatic heterocycles. The molecule has 0 saturated heterocycles. The van der Waals surface area contributed by atoms with Gasteiger partial charge in [-0.25, -0.2) is 0 Å². The highest BCUT2D eigenvalue weighted by Gasteiger charge is 2.15. The first-order chi connectivity index (χ1) is 10.3.